The van der Waals surface area contributed by atoms with Gasteiger partial charge in [0, 0.05) is 0 Å². The van der Waals surface area contributed by atoms with Crippen LogP contribution in [-0.2, 0) is 90.8 Å². The van der Waals surface area contributed by atoms with Crippen molar-refractivity contribution in [1.29, 1.82) is 0 Å². The molecular formula is C8O16Zr2. The van der Waals surface area contributed by atoms with Crippen molar-refractivity contribution in [2.45, 2.75) is 0 Å². The fraction of sp³-hybridized carbons (Fsp3) is 0. The molecule has 18 heteroatoms. The Hall–Kier alpha value is -2.47. The van der Waals surface area contributed by atoms with Crippen LogP contribution in [0, 0.1) is 0 Å². The molecular weight excluding hydrogens is 535 g/mol. The van der Waals surface area contributed by atoms with E-state index in [2.05, 4.69) is 0 Å². The molecule has 0 amide bonds. The molecule has 0 rings (SSSR count). The van der Waals surface area contributed by atoms with Gasteiger partial charge in [0.1, 0.15) is 0 Å². The molecule has 0 fully saturated rings. The average molecular weight is 535 g/mol. The van der Waals surface area contributed by atoms with Crippen molar-refractivity contribution in [2.75, 3.05) is 0 Å². The molecule has 0 aromatic rings. The first-order valence-corrected chi connectivity index (χ1v) is 4.27. The molecule has 0 radical (unpaired) electrons. The summed E-state index contributed by atoms with van der Waals surface area (Å²) in [5.74, 6) is -17.5. The largest absolute Gasteiger partial charge is 4.00 e. The second-order valence-corrected chi connectivity index (χ2v) is 2.30. The Balaban J connectivity index is -0.0000000500. The van der Waals surface area contributed by atoms with Gasteiger partial charge in [-0.25, -0.2) is 0 Å². The van der Waals surface area contributed by atoms with Crippen molar-refractivity contribution in [3.63, 3.8) is 0 Å². The summed E-state index contributed by atoms with van der Waals surface area (Å²) in [5.41, 5.74) is 0. The molecule has 0 spiro atoms. The molecule has 0 atom stereocenters. The summed E-state index contributed by atoms with van der Waals surface area (Å²) < 4.78 is 0. The van der Waals surface area contributed by atoms with E-state index in [0.29, 0.717) is 0 Å². The maximum absolute atomic E-state index is 8.93. The Labute approximate surface area is 178 Å². The molecule has 136 valence electrons. The number of hydrogen-bond donors (Lipinski definition) is 0. The van der Waals surface area contributed by atoms with E-state index in [0.717, 1.165) is 0 Å². The Morgan fingerprint density at radius 3 is 0.308 bits per heavy atom. The quantitative estimate of drug-likeness (QED) is 0.260. The first-order chi connectivity index (χ1) is 10.6. The molecule has 0 N–H and O–H groups in total. The first kappa shape index (κ1) is 38.9. The van der Waals surface area contributed by atoms with Gasteiger partial charge >= 0.3 is 52.4 Å². The molecule has 26 heavy (non-hydrogen) atoms. The Bertz CT molecular complexity index is 392. The smallest absolute Gasteiger partial charge is 0.543 e. The third-order valence-corrected chi connectivity index (χ3v) is 0.667. The number of carboxylic acids is 8. The van der Waals surface area contributed by atoms with E-state index in [1.165, 1.54) is 0 Å². The Morgan fingerprint density at radius 2 is 0.308 bits per heavy atom. The summed E-state index contributed by atoms with van der Waals surface area (Å²) in [7, 11) is 0. The molecule has 0 aliphatic carbocycles. The fourth-order valence-electron chi connectivity index (χ4n) is 0. The first-order valence-electron chi connectivity index (χ1n) is 4.27. The van der Waals surface area contributed by atoms with Crippen LogP contribution in [0.5, 0.6) is 0 Å². The number of carboxylic acid groups (broad SMARTS) is 8. The Morgan fingerprint density at radius 1 is 0.269 bits per heavy atom. The van der Waals surface area contributed by atoms with Gasteiger partial charge in [-0.2, -0.15) is 0 Å². The van der Waals surface area contributed by atoms with Crippen LogP contribution in [0.1, 0.15) is 0 Å². The van der Waals surface area contributed by atoms with E-state index in [9.17, 15) is 0 Å². The second-order valence-electron chi connectivity index (χ2n) is 2.30. The van der Waals surface area contributed by atoms with E-state index in [4.69, 9.17) is 79.2 Å². The standard InChI is InChI=1S/4C2H2O4.2Zr/c4*3-1(4)2(5)6;;/h4*(H,3,4)(H,5,6);;/q;;;;2*+4/p-8. The maximum atomic E-state index is 8.93. The van der Waals surface area contributed by atoms with Crippen LogP contribution in [0.4, 0.5) is 0 Å². The topological polar surface area (TPSA) is 321 Å². The maximum Gasteiger partial charge on any atom is 4.00 e. The third kappa shape index (κ3) is 49.6. The van der Waals surface area contributed by atoms with Crippen molar-refractivity contribution in [1.82, 2.24) is 0 Å². The van der Waals surface area contributed by atoms with Crippen LogP contribution in [0.25, 0.3) is 0 Å². The van der Waals surface area contributed by atoms with E-state index in [1.54, 1.807) is 0 Å². The minimum absolute atomic E-state index is 0. The summed E-state index contributed by atoms with van der Waals surface area (Å²) in [6, 6.07) is 0. The number of carbonyl (C=O) groups is 8. The number of rotatable bonds is 0. The van der Waals surface area contributed by atoms with Gasteiger partial charge in [-0.3, -0.25) is 0 Å². The summed E-state index contributed by atoms with van der Waals surface area (Å²) in [6.45, 7) is 0. The van der Waals surface area contributed by atoms with Crippen LogP contribution in [0.3, 0.4) is 0 Å². The molecule has 0 aromatic heterocycles. The van der Waals surface area contributed by atoms with Crippen LogP contribution in [0.2, 0.25) is 0 Å². The van der Waals surface area contributed by atoms with Gasteiger partial charge in [0.05, 0.1) is 47.8 Å². The fourth-order valence-corrected chi connectivity index (χ4v) is 0. The average Bonchev–Trinajstić information content (AvgIpc) is 2.40. The van der Waals surface area contributed by atoms with Crippen molar-refractivity contribution in [3.05, 3.63) is 0 Å². The molecule has 0 bridgehead atoms. The zero-order valence-electron chi connectivity index (χ0n) is 11.5. The molecule has 0 aliphatic heterocycles. The van der Waals surface area contributed by atoms with Crippen molar-refractivity contribution in [2.24, 2.45) is 0 Å². The zero-order chi connectivity index (χ0) is 20.6. The van der Waals surface area contributed by atoms with Gasteiger partial charge < -0.3 is 79.2 Å². The number of carbonyl (C=O) groups excluding carboxylic acids is 8. The predicted octanol–water partition coefficient (Wildman–Crippen LogP) is -14.1. The van der Waals surface area contributed by atoms with E-state index < -0.39 is 47.8 Å². The molecule has 0 aliphatic rings. The van der Waals surface area contributed by atoms with Crippen LogP contribution in [0.15, 0.2) is 0 Å². The molecule has 0 aromatic carbocycles. The Kier molecular flexibility index (Phi) is 33.7. The van der Waals surface area contributed by atoms with Gasteiger partial charge in [0.2, 0.25) is 0 Å². The molecule has 0 unspecified atom stereocenters. The predicted molar refractivity (Wildman–Crippen MR) is 40.1 cm³/mol. The summed E-state index contributed by atoms with van der Waals surface area (Å²) in [5, 5.41) is 71.4. The van der Waals surface area contributed by atoms with Gasteiger partial charge in [-0.05, 0) is 0 Å². The van der Waals surface area contributed by atoms with Gasteiger partial charge in [0.25, 0.3) is 0 Å². The number of aliphatic carboxylic acids is 8. The van der Waals surface area contributed by atoms with E-state index in [1.807, 2.05) is 0 Å². The molecule has 0 saturated carbocycles. The van der Waals surface area contributed by atoms with Crippen LogP contribution in [-0.4, -0.2) is 47.8 Å². The summed E-state index contributed by atoms with van der Waals surface area (Å²) >= 11 is 0. The SMILES string of the molecule is O=C([O-])C(=O)[O-].O=C([O-])C(=O)[O-].O=C([O-])C(=O)[O-].O=C([O-])C(=O)[O-].[Zr+4].[Zr+4]. The normalized spacial score (nSPS) is 6.77. The van der Waals surface area contributed by atoms with Crippen LogP contribution < -0.4 is 40.9 Å². The molecule has 0 saturated heterocycles. The van der Waals surface area contributed by atoms with Crippen LogP contribution >= 0.6 is 0 Å². The second kappa shape index (κ2) is 22.5. The van der Waals surface area contributed by atoms with Gasteiger partial charge in [-0.1, -0.05) is 0 Å². The summed E-state index contributed by atoms with van der Waals surface area (Å²) in [6.07, 6.45) is 0. The zero-order valence-corrected chi connectivity index (χ0v) is 16.4. The van der Waals surface area contributed by atoms with E-state index in [-0.39, 0.29) is 52.4 Å². The van der Waals surface area contributed by atoms with Crippen molar-refractivity contribution < 1.29 is 132 Å². The third-order valence-electron chi connectivity index (χ3n) is 0.667. The van der Waals surface area contributed by atoms with E-state index >= 15 is 0 Å². The molecule has 0 heterocycles. The minimum Gasteiger partial charge on any atom is -0.543 e. The van der Waals surface area contributed by atoms with Gasteiger partial charge in [-0.15, -0.1) is 0 Å². The van der Waals surface area contributed by atoms with Crippen molar-refractivity contribution in [3.8, 4) is 0 Å². The number of hydrogen-bond acceptors (Lipinski definition) is 16. The summed E-state index contributed by atoms with van der Waals surface area (Å²) in [4.78, 5) is 71.4. The monoisotopic (exact) mass is 532 g/mol. The molecule has 16 nitrogen and oxygen atoms in total. The van der Waals surface area contributed by atoms with Gasteiger partial charge in [0.15, 0.2) is 0 Å². The minimum atomic E-state index is -2.19. The van der Waals surface area contributed by atoms with Crippen molar-refractivity contribution >= 4 is 47.8 Å².